The molecule has 6 atom stereocenters. The van der Waals surface area contributed by atoms with Gasteiger partial charge in [0, 0.05) is 25.8 Å². The van der Waals surface area contributed by atoms with Gasteiger partial charge in [0.15, 0.2) is 0 Å². The van der Waals surface area contributed by atoms with Gasteiger partial charge >= 0.3 is 24.1 Å². The first-order valence-electron chi connectivity index (χ1n) is 22.4. The van der Waals surface area contributed by atoms with Crippen LogP contribution in [0.2, 0.25) is 0 Å². The van der Waals surface area contributed by atoms with Gasteiger partial charge in [-0.1, -0.05) is 89.2 Å². The minimum atomic E-state index is -5.04. The Kier molecular flexibility index (Phi) is 23.3. The number of carboxylic acids is 3. The zero-order chi connectivity index (χ0) is 53.8. The number of aryl methyl sites for hydroxylation is 1. The van der Waals surface area contributed by atoms with E-state index in [1.165, 1.54) is 20.8 Å². The second-order valence-corrected chi connectivity index (χ2v) is 18.2. The highest BCUT2D eigenvalue weighted by molar-refractivity contribution is 6.38. The Labute approximate surface area is 407 Å². The van der Waals surface area contributed by atoms with E-state index in [1.807, 2.05) is 5.32 Å². The lowest BCUT2D eigenvalue weighted by molar-refractivity contribution is -0.154. The van der Waals surface area contributed by atoms with Crippen molar-refractivity contribution in [2.24, 2.45) is 11.3 Å². The highest BCUT2D eigenvalue weighted by atomic mass is 19.4. The monoisotopic (exact) mass is 1010 g/mol. The predicted molar refractivity (Wildman–Crippen MR) is 245 cm³/mol. The van der Waals surface area contributed by atoms with Crippen molar-refractivity contribution in [2.45, 2.75) is 142 Å². The number of nitrogens with one attached hydrogen (secondary N) is 7. The average Bonchev–Trinajstić information content (AvgIpc) is 3.26. The molecule has 2 aromatic rings. The maximum Gasteiger partial charge on any atom is 0.391 e. The molecule has 2 aromatic carbocycles. The molecule has 10 N–H and O–H groups in total. The third-order valence-corrected chi connectivity index (χ3v) is 10.5. The SMILES string of the molecule is Cc1ccccc1C[C@H](NC(=O)[C@H](CCC(=O)O)NC(=O)[C@H](CC(=O)O)NC(=O)CCC(=O)O)C(=O)N[C@H](C(=O)N[C@@H](CC(C)C)C(=O)N[C@@H](CC(F)(F)F)C(=O)C(=O)NCc1ccccc1)C(C)(C)C. The second-order valence-electron chi connectivity index (χ2n) is 18.2. The number of amides is 7. The summed E-state index contributed by atoms with van der Waals surface area (Å²) in [5.41, 5.74) is 0.441. The van der Waals surface area contributed by atoms with Gasteiger partial charge in [-0.05, 0) is 47.8 Å². The molecule has 71 heavy (non-hydrogen) atoms. The molecule has 0 unspecified atom stereocenters. The second kappa shape index (κ2) is 27.7. The molecule has 0 aliphatic heterocycles. The number of Topliss-reactive ketones (excluding diaryl/α,β-unsaturated/α-hetero) is 1. The molecule has 0 bridgehead atoms. The smallest absolute Gasteiger partial charge is 0.391 e. The third-order valence-electron chi connectivity index (χ3n) is 10.5. The number of halogens is 3. The number of carbonyl (C=O) groups excluding carboxylic acids is 8. The molecule has 0 spiro atoms. The molecular weight excluding hydrogens is 944 g/mol. The first kappa shape index (κ1) is 59.7. The summed E-state index contributed by atoms with van der Waals surface area (Å²) in [6.07, 6.45) is -11.2. The van der Waals surface area contributed by atoms with Gasteiger partial charge in [0.25, 0.3) is 5.91 Å². The summed E-state index contributed by atoms with van der Waals surface area (Å²) in [5, 5.41) is 43.7. The first-order valence-corrected chi connectivity index (χ1v) is 22.4. The Bertz CT molecular complexity index is 2250. The van der Waals surface area contributed by atoms with Gasteiger partial charge in [0.2, 0.25) is 41.2 Å². The molecule has 0 aliphatic carbocycles. The standard InChI is InChI=1S/C47H62F3N7O14/c1-25(2)20-30(41(67)56-33(23-47(48,49)50)38(65)44(70)51-24-27-13-8-7-9-14-27)55-45(71)39(46(4,5)6)57-43(69)31(21-28-15-11-10-12-26(28)3)54-40(66)29(16-18-35(59)60)53-42(68)32(22-37(63)64)52-34(58)17-19-36(61)62/h7-15,25,29-33,39H,16-24H2,1-6H3,(H,51,70)(H,52,58)(H,53,68)(H,54,66)(H,55,71)(H,56,67)(H,57,69)(H,59,60)(H,61,62)(H,63,64)/t29-,30-,31-,32-,33-,39+/m0/s1. The van der Waals surface area contributed by atoms with Gasteiger partial charge in [-0.25, -0.2) is 0 Å². The number of benzene rings is 2. The Morgan fingerprint density at radius 1 is 0.577 bits per heavy atom. The number of carboxylic acid groups (broad SMARTS) is 3. The van der Waals surface area contributed by atoms with E-state index >= 15 is 0 Å². The third kappa shape index (κ3) is 22.3. The summed E-state index contributed by atoms with van der Waals surface area (Å²) >= 11 is 0. The fourth-order valence-electron chi connectivity index (χ4n) is 6.83. The molecule has 390 valence electrons. The fraction of sp³-hybridized carbons (Fsp3) is 0.511. The lowest BCUT2D eigenvalue weighted by Gasteiger charge is -2.34. The Morgan fingerprint density at radius 2 is 1.10 bits per heavy atom. The van der Waals surface area contributed by atoms with E-state index in [9.17, 15) is 76.1 Å². The first-order chi connectivity index (χ1) is 33.0. The Balaban J connectivity index is 2.49. The van der Waals surface area contributed by atoms with E-state index in [0.29, 0.717) is 16.7 Å². The van der Waals surface area contributed by atoms with Crippen molar-refractivity contribution in [1.29, 1.82) is 0 Å². The van der Waals surface area contributed by atoms with Crippen LogP contribution in [-0.4, -0.2) is 123 Å². The molecule has 0 aromatic heterocycles. The molecule has 0 aliphatic rings. The maximum absolute atomic E-state index is 14.4. The zero-order valence-corrected chi connectivity index (χ0v) is 40.1. The van der Waals surface area contributed by atoms with Crippen LogP contribution in [0.25, 0.3) is 0 Å². The van der Waals surface area contributed by atoms with Gasteiger partial charge in [0.1, 0.15) is 36.3 Å². The summed E-state index contributed by atoms with van der Waals surface area (Å²) in [6, 6.07) is 3.86. The Hall–Kier alpha value is -7.40. The van der Waals surface area contributed by atoms with Crippen LogP contribution in [0.4, 0.5) is 13.2 Å². The quantitative estimate of drug-likeness (QED) is 0.0542. The van der Waals surface area contributed by atoms with Crippen LogP contribution in [-0.2, 0) is 65.7 Å². The fourth-order valence-corrected chi connectivity index (χ4v) is 6.83. The van der Waals surface area contributed by atoms with Crippen LogP contribution >= 0.6 is 0 Å². The number of hydrogen-bond donors (Lipinski definition) is 10. The van der Waals surface area contributed by atoms with Crippen LogP contribution in [0.5, 0.6) is 0 Å². The minimum absolute atomic E-state index is 0.204. The molecule has 0 fully saturated rings. The number of carbonyl (C=O) groups is 11. The van der Waals surface area contributed by atoms with Crippen molar-refractivity contribution in [3.63, 3.8) is 0 Å². The van der Waals surface area contributed by atoms with E-state index in [1.54, 1.807) is 75.4 Å². The summed E-state index contributed by atoms with van der Waals surface area (Å²) in [6.45, 7) is 9.27. The van der Waals surface area contributed by atoms with Crippen molar-refractivity contribution in [3.8, 4) is 0 Å². The van der Waals surface area contributed by atoms with Crippen molar-refractivity contribution in [1.82, 2.24) is 37.2 Å². The van der Waals surface area contributed by atoms with Gasteiger partial charge in [-0.3, -0.25) is 52.7 Å². The molecule has 21 nitrogen and oxygen atoms in total. The van der Waals surface area contributed by atoms with E-state index in [0.717, 1.165) is 0 Å². The van der Waals surface area contributed by atoms with Crippen molar-refractivity contribution >= 4 is 65.0 Å². The Morgan fingerprint density at radius 3 is 1.65 bits per heavy atom. The van der Waals surface area contributed by atoms with Crippen LogP contribution in [0.3, 0.4) is 0 Å². The minimum Gasteiger partial charge on any atom is -0.481 e. The highest BCUT2D eigenvalue weighted by Crippen LogP contribution is 2.24. The molecule has 0 heterocycles. The van der Waals surface area contributed by atoms with Crippen LogP contribution in [0, 0.1) is 18.3 Å². The van der Waals surface area contributed by atoms with Gasteiger partial charge in [-0.15, -0.1) is 0 Å². The summed E-state index contributed by atoms with van der Waals surface area (Å²) < 4.78 is 41.3. The molecule has 0 saturated carbocycles. The molecule has 7 amide bonds. The lowest BCUT2D eigenvalue weighted by Crippen LogP contribution is -2.62. The maximum atomic E-state index is 14.4. The lowest BCUT2D eigenvalue weighted by atomic mass is 9.85. The number of hydrogen-bond acceptors (Lipinski definition) is 11. The number of ketones is 1. The van der Waals surface area contributed by atoms with E-state index in [4.69, 9.17) is 5.11 Å². The normalized spacial score (nSPS) is 13.9. The zero-order valence-electron chi connectivity index (χ0n) is 40.1. The van der Waals surface area contributed by atoms with Crippen molar-refractivity contribution in [3.05, 3.63) is 71.3 Å². The van der Waals surface area contributed by atoms with Gasteiger partial charge in [-0.2, -0.15) is 13.2 Å². The number of aliphatic carboxylic acids is 3. The van der Waals surface area contributed by atoms with Crippen molar-refractivity contribution < 1.29 is 81.2 Å². The summed E-state index contributed by atoms with van der Waals surface area (Å²) in [5.74, 6) is -14.6. The van der Waals surface area contributed by atoms with E-state index < -0.39 is 157 Å². The summed E-state index contributed by atoms with van der Waals surface area (Å²) in [4.78, 5) is 142. The molecule has 24 heteroatoms. The number of rotatable bonds is 28. The molecule has 0 saturated heterocycles. The van der Waals surface area contributed by atoms with Gasteiger partial charge in [0.05, 0.1) is 19.3 Å². The van der Waals surface area contributed by atoms with Crippen molar-refractivity contribution in [2.75, 3.05) is 0 Å². The van der Waals surface area contributed by atoms with E-state index in [-0.39, 0.29) is 19.4 Å². The van der Waals surface area contributed by atoms with E-state index in [2.05, 4.69) is 31.9 Å². The predicted octanol–water partition coefficient (Wildman–Crippen LogP) is 1.58. The van der Waals surface area contributed by atoms with Crippen LogP contribution in [0.15, 0.2) is 54.6 Å². The molecule has 0 radical (unpaired) electrons. The summed E-state index contributed by atoms with van der Waals surface area (Å²) in [7, 11) is 0. The number of alkyl halides is 3. The van der Waals surface area contributed by atoms with Gasteiger partial charge < -0.3 is 52.5 Å². The average molecular weight is 1010 g/mol. The highest BCUT2D eigenvalue weighted by Gasteiger charge is 2.42. The largest absolute Gasteiger partial charge is 0.481 e. The van der Waals surface area contributed by atoms with Crippen LogP contribution < -0.4 is 37.2 Å². The topological polar surface area (TPSA) is 333 Å². The van der Waals surface area contributed by atoms with Crippen LogP contribution in [0.1, 0.15) is 96.3 Å². The molecular formula is C47H62F3N7O14. The molecule has 2 rings (SSSR count).